The van der Waals surface area contributed by atoms with E-state index >= 15 is 0 Å². The fraction of sp³-hybridized carbons (Fsp3) is 0.529. The Kier molecular flexibility index (Phi) is 5.98. The monoisotopic (exact) mass is 319 g/mol. The van der Waals surface area contributed by atoms with Gasteiger partial charge in [-0.05, 0) is 31.2 Å². The van der Waals surface area contributed by atoms with Crippen LogP contribution in [0.1, 0.15) is 37.0 Å². The number of piperazine rings is 1. The molecule has 6 nitrogen and oxygen atoms in total. The molecule has 1 amide bonds. The normalized spacial score (nSPS) is 15.5. The Morgan fingerprint density at radius 2 is 1.87 bits per heavy atom. The van der Waals surface area contributed by atoms with Gasteiger partial charge in [0.15, 0.2) is 0 Å². The predicted octanol–water partition coefficient (Wildman–Crippen LogP) is 2.27. The summed E-state index contributed by atoms with van der Waals surface area (Å²) in [6.45, 7) is 8.78. The maximum atomic E-state index is 11.5. The molecule has 126 valence electrons. The molecule has 6 heteroatoms. The standard InChI is InChI=1S/C17H25N3O3/c1-3-7-19-8-10-20(11-9-19)13-5-6-15(18-16(21)4-2)14(12-13)17(22)23/h5-6,12H,3-4,7-11H2,1-2H3,(H,18,21)(H,22,23). The van der Waals surface area contributed by atoms with E-state index in [9.17, 15) is 14.7 Å². The number of benzene rings is 1. The van der Waals surface area contributed by atoms with Gasteiger partial charge in [0, 0.05) is 38.3 Å². The van der Waals surface area contributed by atoms with Crippen molar-refractivity contribution in [2.24, 2.45) is 0 Å². The maximum Gasteiger partial charge on any atom is 0.337 e. The summed E-state index contributed by atoms with van der Waals surface area (Å²) in [4.78, 5) is 27.6. The van der Waals surface area contributed by atoms with Crippen molar-refractivity contribution in [1.82, 2.24) is 4.90 Å². The second kappa shape index (κ2) is 7.97. The molecule has 0 unspecified atom stereocenters. The summed E-state index contributed by atoms with van der Waals surface area (Å²) in [5, 5.41) is 12.1. The van der Waals surface area contributed by atoms with E-state index in [2.05, 4.69) is 22.0 Å². The van der Waals surface area contributed by atoms with Gasteiger partial charge >= 0.3 is 5.97 Å². The molecule has 2 rings (SSSR count). The molecule has 0 aromatic heterocycles. The molecule has 1 aromatic rings. The fourth-order valence-corrected chi connectivity index (χ4v) is 2.80. The number of aromatic carboxylic acids is 1. The summed E-state index contributed by atoms with van der Waals surface area (Å²) in [5.41, 5.74) is 1.39. The highest BCUT2D eigenvalue weighted by molar-refractivity contribution is 6.01. The minimum absolute atomic E-state index is 0.139. The molecule has 0 aliphatic carbocycles. The Morgan fingerprint density at radius 1 is 1.17 bits per heavy atom. The van der Waals surface area contributed by atoms with Crippen LogP contribution in [0, 0.1) is 0 Å². The van der Waals surface area contributed by atoms with Gasteiger partial charge in [0.05, 0.1) is 11.3 Å². The van der Waals surface area contributed by atoms with Crippen LogP contribution in [0.5, 0.6) is 0 Å². The quantitative estimate of drug-likeness (QED) is 0.841. The number of amides is 1. The zero-order chi connectivity index (χ0) is 16.8. The van der Waals surface area contributed by atoms with Crippen molar-refractivity contribution in [3.05, 3.63) is 23.8 Å². The molecule has 1 aliphatic rings. The summed E-state index contributed by atoms with van der Waals surface area (Å²) in [6, 6.07) is 5.22. The van der Waals surface area contributed by atoms with Crippen LogP contribution in [0.4, 0.5) is 11.4 Å². The first-order valence-corrected chi connectivity index (χ1v) is 8.19. The van der Waals surface area contributed by atoms with Crippen LogP contribution in [0.15, 0.2) is 18.2 Å². The number of nitrogens with zero attached hydrogens (tertiary/aromatic N) is 2. The number of hydrogen-bond acceptors (Lipinski definition) is 4. The average molecular weight is 319 g/mol. The third-order valence-electron chi connectivity index (χ3n) is 4.11. The van der Waals surface area contributed by atoms with Crippen molar-refractivity contribution < 1.29 is 14.7 Å². The van der Waals surface area contributed by atoms with E-state index in [0.717, 1.165) is 44.8 Å². The SMILES string of the molecule is CCCN1CCN(c2ccc(NC(=O)CC)c(C(=O)O)c2)CC1. The van der Waals surface area contributed by atoms with Crippen LogP contribution < -0.4 is 10.2 Å². The summed E-state index contributed by atoms with van der Waals surface area (Å²) in [7, 11) is 0. The number of carbonyl (C=O) groups is 2. The molecule has 0 atom stereocenters. The van der Waals surface area contributed by atoms with Crippen LogP contribution in [-0.4, -0.2) is 54.6 Å². The lowest BCUT2D eigenvalue weighted by molar-refractivity contribution is -0.115. The number of rotatable bonds is 6. The van der Waals surface area contributed by atoms with Crippen molar-refractivity contribution in [3.63, 3.8) is 0 Å². The number of carboxylic acid groups (broad SMARTS) is 1. The molecule has 1 aromatic carbocycles. The summed E-state index contributed by atoms with van der Waals surface area (Å²) < 4.78 is 0. The number of carboxylic acids is 1. The molecule has 1 heterocycles. The molecule has 0 bridgehead atoms. The summed E-state index contributed by atoms with van der Waals surface area (Å²) in [6.07, 6.45) is 1.47. The van der Waals surface area contributed by atoms with Crippen LogP contribution in [0.25, 0.3) is 0 Å². The maximum absolute atomic E-state index is 11.5. The van der Waals surface area contributed by atoms with E-state index in [1.165, 1.54) is 0 Å². The smallest absolute Gasteiger partial charge is 0.337 e. The highest BCUT2D eigenvalue weighted by Crippen LogP contribution is 2.24. The topological polar surface area (TPSA) is 72.9 Å². The molecular formula is C17H25N3O3. The van der Waals surface area contributed by atoms with Crippen LogP contribution in [-0.2, 0) is 4.79 Å². The first-order valence-electron chi connectivity index (χ1n) is 8.19. The van der Waals surface area contributed by atoms with Gasteiger partial charge in [-0.15, -0.1) is 0 Å². The average Bonchev–Trinajstić information content (AvgIpc) is 2.56. The number of carbonyl (C=O) groups excluding carboxylic acids is 1. The van der Waals surface area contributed by atoms with E-state index in [0.29, 0.717) is 12.1 Å². The molecule has 0 saturated carbocycles. The van der Waals surface area contributed by atoms with Gasteiger partial charge in [-0.25, -0.2) is 4.79 Å². The minimum Gasteiger partial charge on any atom is -0.478 e. The number of nitrogens with one attached hydrogen (secondary N) is 1. The largest absolute Gasteiger partial charge is 0.478 e. The van der Waals surface area contributed by atoms with Gasteiger partial charge in [-0.1, -0.05) is 13.8 Å². The van der Waals surface area contributed by atoms with Gasteiger partial charge in [-0.2, -0.15) is 0 Å². The van der Waals surface area contributed by atoms with Crippen molar-refractivity contribution >= 4 is 23.3 Å². The molecule has 23 heavy (non-hydrogen) atoms. The third-order valence-corrected chi connectivity index (χ3v) is 4.11. The lowest BCUT2D eigenvalue weighted by Gasteiger charge is -2.36. The zero-order valence-corrected chi connectivity index (χ0v) is 13.8. The highest BCUT2D eigenvalue weighted by atomic mass is 16.4. The van der Waals surface area contributed by atoms with Crippen LogP contribution in [0.2, 0.25) is 0 Å². The van der Waals surface area contributed by atoms with Crippen LogP contribution in [0.3, 0.4) is 0 Å². The summed E-state index contributed by atoms with van der Waals surface area (Å²) in [5.74, 6) is -1.21. The minimum atomic E-state index is -1.03. The van der Waals surface area contributed by atoms with Crippen molar-refractivity contribution in [2.45, 2.75) is 26.7 Å². The van der Waals surface area contributed by atoms with Gasteiger partial charge in [-0.3, -0.25) is 9.69 Å². The molecule has 2 N–H and O–H groups in total. The zero-order valence-electron chi connectivity index (χ0n) is 13.8. The Morgan fingerprint density at radius 3 is 2.43 bits per heavy atom. The second-order valence-corrected chi connectivity index (χ2v) is 5.77. The van der Waals surface area contributed by atoms with E-state index in [-0.39, 0.29) is 11.5 Å². The van der Waals surface area contributed by atoms with E-state index in [1.807, 2.05) is 6.07 Å². The van der Waals surface area contributed by atoms with Crippen molar-refractivity contribution in [1.29, 1.82) is 0 Å². The van der Waals surface area contributed by atoms with Gasteiger partial charge in [0.2, 0.25) is 5.91 Å². The first kappa shape index (κ1) is 17.3. The lowest BCUT2D eigenvalue weighted by Crippen LogP contribution is -2.46. The molecule has 1 fully saturated rings. The van der Waals surface area contributed by atoms with E-state index < -0.39 is 5.97 Å². The predicted molar refractivity (Wildman–Crippen MR) is 91.3 cm³/mol. The fourth-order valence-electron chi connectivity index (χ4n) is 2.80. The number of hydrogen-bond donors (Lipinski definition) is 2. The molecule has 1 saturated heterocycles. The molecule has 1 aliphatic heterocycles. The Hall–Kier alpha value is -2.08. The lowest BCUT2D eigenvalue weighted by atomic mass is 10.1. The molecule has 0 spiro atoms. The molecule has 0 radical (unpaired) electrons. The first-order chi connectivity index (χ1) is 11.0. The van der Waals surface area contributed by atoms with E-state index in [1.54, 1.807) is 19.1 Å². The Labute approximate surface area is 137 Å². The van der Waals surface area contributed by atoms with Crippen molar-refractivity contribution in [3.8, 4) is 0 Å². The Bertz CT molecular complexity index is 566. The van der Waals surface area contributed by atoms with Crippen molar-refractivity contribution in [2.75, 3.05) is 42.9 Å². The third kappa shape index (κ3) is 4.45. The molecular weight excluding hydrogens is 294 g/mol. The number of anilines is 2. The van der Waals surface area contributed by atoms with Gasteiger partial charge in [0.25, 0.3) is 0 Å². The Balaban J connectivity index is 2.13. The van der Waals surface area contributed by atoms with Crippen LogP contribution >= 0.6 is 0 Å². The second-order valence-electron chi connectivity index (χ2n) is 5.77. The highest BCUT2D eigenvalue weighted by Gasteiger charge is 2.19. The summed E-state index contributed by atoms with van der Waals surface area (Å²) >= 11 is 0. The van der Waals surface area contributed by atoms with Gasteiger partial charge < -0.3 is 15.3 Å². The van der Waals surface area contributed by atoms with Gasteiger partial charge in [0.1, 0.15) is 0 Å². The van der Waals surface area contributed by atoms with E-state index in [4.69, 9.17) is 0 Å².